The van der Waals surface area contributed by atoms with Gasteiger partial charge in [0.1, 0.15) is 6.42 Å². The van der Waals surface area contributed by atoms with Crippen molar-refractivity contribution >= 4 is 5.91 Å². The molecule has 4 heteroatoms. The van der Waals surface area contributed by atoms with Crippen molar-refractivity contribution in [1.29, 1.82) is 5.26 Å². The summed E-state index contributed by atoms with van der Waals surface area (Å²) in [5, 5.41) is 8.37. The third kappa shape index (κ3) is 3.77. The number of nitrogens with zero attached hydrogens (tertiary/aromatic N) is 3. The van der Waals surface area contributed by atoms with Crippen molar-refractivity contribution in [3.05, 3.63) is 30.1 Å². The first-order chi connectivity index (χ1) is 7.24. The van der Waals surface area contributed by atoms with Gasteiger partial charge in [0.25, 0.3) is 0 Å². The molecule has 0 fully saturated rings. The summed E-state index contributed by atoms with van der Waals surface area (Å²) in [5.74, 6) is -0.133. The molecule has 1 aromatic rings. The van der Waals surface area contributed by atoms with E-state index in [2.05, 4.69) is 4.98 Å². The third-order valence-corrected chi connectivity index (χ3v) is 2.14. The molecule has 0 aliphatic heterocycles. The first-order valence-electron chi connectivity index (χ1n) is 4.74. The number of likely N-dealkylation sites (N-methyl/N-ethyl adjacent to an activating group) is 1. The Balaban J connectivity index is 2.38. The van der Waals surface area contributed by atoms with E-state index in [9.17, 15) is 4.79 Å². The van der Waals surface area contributed by atoms with E-state index in [0.29, 0.717) is 6.54 Å². The Bertz CT molecular complexity index is 356. The van der Waals surface area contributed by atoms with Crippen LogP contribution in [0.15, 0.2) is 24.5 Å². The molecule has 0 bridgehead atoms. The summed E-state index contributed by atoms with van der Waals surface area (Å²) in [5.41, 5.74) is 1.14. The Hall–Kier alpha value is -1.89. The van der Waals surface area contributed by atoms with E-state index < -0.39 is 0 Å². The van der Waals surface area contributed by atoms with Gasteiger partial charge in [0.2, 0.25) is 5.91 Å². The lowest BCUT2D eigenvalue weighted by Gasteiger charge is -2.15. The van der Waals surface area contributed by atoms with Gasteiger partial charge in [-0.05, 0) is 24.1 Å². The highest BCUT2D eigenvalue weighted by molar-refractivity contribution is 5.77. The Morgan fingerprint density at radius 1 is 1.53 bits per heavy atom. The van der Waals surface area contributed by atoms with Gasteiger partial charge in [-0.25, -0.2) is 0 Å². The van der Waals surface area contributed by atoms with Crippen LogP contribution < -0.4 is 0 Å². The Morgan fingerprint density at radius 2 is 2.20 bits per heavy atom. The maximum Gasteiger partial charge on any atom is 0.236 e. The minimum absolute atomic E-state index is 0.0488. The SMILES string of the molecule is CN(CCc1ccncc1)C(=O)CC#N. The van der Waals surface area contributed by atoms with Gasteiger partial charge in [0.15, 0.2) is 0 Å². The van der Waals surface area contributed by atoms with Crippen LogP contribution in [0.4, 0.5) is 0 Å². The van der Waals surface area contributed by atoms with Crippen molar-refractivity contribution in [2.24, 2.45) is 0 Å². The maximum absolute atomic E-state index is 11.3. The first-order valence-corrected chi connectivity index (χ1v) is 4.74. The highest BCUT2D eigenvalue weighted by atomic mass is 16.2. The third-order valence-electron chi connectivity index (χ3n) is 2.14. The zero-order chi connectivity index (χ0) is 11.1. The van der Waals surface area contributed by atoms with Gasteiger partial charge in [-0.1, -0.05) is 0 Å². The van der Waals surface area contributed by atoms with Gasteiger partial charge in [-0.3, -0.25) is 9.78 Å². The fraction of sp³-hybridized carbons (Fsp3) is 0.364. The molecule has 0 unspecified atom stereocenters. The van der Waals surface area contributed by atoms with Crippen LogP contribution in [0.3, 0.4) is 0 Å². The summed E-state index contributed by atoms with van der Waals surface area (Å²) in [4.78, 5) is 16.7. The Kier molecular flexibility index (Phi) is 4.30. The number of aromatic nitrogens is 1. The van der Waals surface area contributed by atoms with Gasteiger partial charge >= 0.3 is 0 Å². The molecule has 0 aliphatic rings. The average molecular weight is 203 g/mol. The van der Waals surface area contributed by atoms with Crippen LogP contribution in [0.5, 0.6) is 0 Å². The molecular weight excluding hydrogens is 190 g/mol. The summed E-state index contributed by atoms with van der Waals surface area (Å²) in [6.45, 7) is 0.629. The van der Waals surface area contributed by atoms with Crippen LogP contribution in [0.2, 0.25) is 0 Å². The second-order valence-electron chi connectivity index (χ2n) is 3.26. The molecular formula is C11H13N3O. The van der Waals surface area contributed by atoms with Gasteiger partial charge < -0.3 is 4.90 Å². The number of carbonyl (C=O) groups excluding carboxylic acids is 1. The van der Waals surface area contributed by atoms with Crippen LogP contribution >= 0.6 is 0 Å². The van der Waals surface area contributed by atoms with E-state index >= 15 is 0 Å². The molecule has 0 spiro atoms. The smallest absolute Gasteiger partial charge is 0.236 e. The van der Waals surface area contributed by atoms with Crippen LogP contribution in [0.25, 0.3) is 0 Å². The van der Waals surface area contributed by atoms with E-state index in [1.807, 2.05) is 18.2 Å². The van der Waals surface area contributed by atoms with Crippen molar-refractivity contribution < 1.29 is 4.79 Å². The minimum atomic E-state index is -0.133. The molecule has 0 saturated heterocycles. The van der Waals surface area contributed by atoms with E-state index in [1.54, 1.807) is 24.3 Å². The minimum Gasteiger partial charge on any atom is -0.345 e. The van der Waals surface area contributed by atoms with Gasteiger partial charge in [-0.15, -0.1) is 0 Å². The van der Waals surface area contributed by atoms with E-state index in [4.69, 9.17) is 5.26 Å². The fourth-order valence-electron chi connectivity index (χ4n) is 1.17. The van der Waals surface area contributed by atoms with Gasteiger partial charge in [-0.2, -0.15) is 5.26 Å². The number of pyridine rings is 1. The molecule has 1 heterocycles. The van der Waals surface area contributed by atoms with E-state index in [-0.39, 0.29) is 12.3 Å². The van der Waals surface area contributed by atoms with Crippen molar-refractivity contribution in [2.45, 2.75) is 12.8 Å². The van der Waals surface area contributed by atoms with Crippen LogP contribution in [-0.4, -0.2) is 29.4 Å². The molecule has 1 aromatic heterocycles. The summed E-state index contributed by atoms with van der Waals surface area (Å²) in [6.07, 6.45) is 4.20. The number of amides is 1. The molecule has 0 aliphatic carbocycles. The maximum atomic E-state index is 11.3. The molecule has 1 amide bonds. The lowest BCUT2D eigenvalue weighted by atomic mass is 10.2. The normalized spacial score (nSPS) is 9.33. The molecule has 0 radical (unpaired) electrons. The van der Waals surface area contributed by atoms with Crippen molar-refractivity contribution in [3.8, 4) is 6.07 Å². The highest BCUT2D eigenvalue weighted by Crippen LogP contribution is 1.99. The molecule has 15 heavy (non-hydrogen) atoms. The Labute approximate surface area is 89.2 Å². The standard InChI is InChI=1S/C11H13N3O/c1-14(11(15)2-6-12)9-5-10-3-7-13-8-4-10/h3-4,7-8H,2,5,9H2,1H3. The number of hydrogen-bond acceptors (Lipinski definition) is 3. The summed E-state index contributed by atoms with van der Waals surface area (Å²) in [7, 11) is 1.71. The number of rotatable bonds is 4. The molecule has 0 atom stereocenters. The molecule has 0 N–H and O–H groups in total. The molecule has 4 nitrogen and oxygen atoms in total. The van der Waals surface area contributed by atoms with Crippen LogP contribution in [0.1, 0.15) is 12.0 Å². The fourth-order valence-corrected chi connectivity index (χ4v) is 1.17. The number of carbonyl (C=O) groups is 1. The summed E-state index contributed by atoms with van der Waals surface area (Å²) < 4.78 is 0. The van der Waals surface area contributed by atoms with Crippen LogP contribution in [-0.2, 0) is 11.2 Å². The zero-order valence-electron chi connectivity index (χ0n) is 8.68. The largest absolute Gasteiger partial charge is 0.345 e. The van der Waals surface area contributed by atoms with E-state index in [1.165, 1.54) is 0 Å². The Morgan fingerprint density at radius 3 is 2.80 bits per heavy atom. The van der Waals surface area contributed by atoms with Crippen LogP contribution in [0, 0.1) is 11.3 Å². The van der Waals surface area contributed by atoms with E-state index in [0.717, 1.165) is 12.0 Å². The monoisotopic (exact) mass is 203 g/mol. The average Bonchev–Trinajstić information content (AvgIpc) is 2.27. The second-order valence-corrected chi connectivity index (χ2v) is 3.26. The predicted octanol–water partition coefficient (Wildman–Crippen LogP) is 0.996. The second kappa shape index (κ2) is 5.76. The lowest BCUT2D eigenvalue weighted by Crippen LogP contribution is -2.28. The molecule has 0 saturated carbocycles. The summed E-state index contributed by atoms with van der Waals surface area (Å²) >= 11 is 0. The van der Waals surface area contributed by atoms with Gasteiger partial charge in [0.05, 0.1) is 6.07 Å². The summed E-state index contributed by atoms with van der Waals surface area (Å²) in [6, 6.07) is 5.68. The topological polar surface area (TPSA) is 57.0 Å². The van der Waals surface area contributed by atoms with Crippen molar-refractivity contribution in [3.63, 3.8) is 0 Å². The molecule has 78 valence electrons. The van der Waals surface area contributed by atoms with Gasteiger partial charge in [0, 0.05) is 26.0 Å². The predicted molar refractivity (Wildman–Crippen MR) is 55.8 cm³/mol. The lowest BCUT2D eigenvalue weighted by molar-refractivity contribution is -0.128. The quantitative estimate of drug-likeness (QED) is 0.733. The highest BCUT2D eigenvalue weighted by Gasteiger charge is 2.06. The van der Waals surface area contributed by atoms with Crippen molar-refractivity contribution in [2.75, 3.05) is 13.6 Å². The zero-order valence-corrected chi connectivity index (χ0v) is 8.68. The number of hydrogen-bond donors (Lipinski definition) is 0. The molecule has 1 rings (SSSR count). The van der Waals surface area contributed by atoms with Crippen molar-refractivity contribution in [1.82, 2.24) is 9.88 Å². The first kappa shape index (κ1) is 11.2. The molecule has 0 aromatic carbocycles. The number of nitriles is 1.